The Kier molecular flexibility index (Phi) is 4.09. The Labute approximate surface area is 139 Å². The molecule has 0 heterocycles. The smallest absolute Gasteiger partial charge is 0.294 e. The summed E-state index contributed by atoms with van der Waals surface area (Å²) in [5.41, 5.74) is 1.34. The lowest BCUT2D eigenvalue weighted by atomic mass is 10.0. The van der Waals surface area contributed by atoms with Crippen LogP contribution in [0.5, 0.6) is 0 Å². The summed E-state index contributed by atoms with van der Waals surface area (Å²) in [5.74, 6) is -0.286. The van der Waals surface area contributed by atoms with E-state index >= 15 is 0 Å². The number of amides is 1. The van der Waals surface area contributed by atoms with E-state index in [4.69, 9.17) is 4.55 Å². The average molecular weight is 341 g/mol. The minimum absolute atomic E-state index is 0.175. The first-order valence-electron chi connectivity index (χ1n) is 7.23. The van der Waals surface area contributed by atoms with Crippen LogP contribution in [0.1, 0.15) is 15.9 Å². The fraction of sp³-hybridized carbons (Fsp3) is 0.0556. The highest BCUT2D eigenvalue weighted by Gasteiger charge is 2.15. The molecule has 0 unspecified atom stereocenters. The number of rotatable bonds is 3. The van der Waals surface area contributed by atoms with E-state index in [0.717, 1.165) is 10.8 Å². The van der Waals surface area contributed by atoms with Crippen LogP contribution in [0.25, 0.3) is 10.8 Å². The number of hydrogen-bond donors (Lipinski definition) is 2. The molecule has 0 spiro atoms. The van der Waals surface area contributed by atoms with Crippen LogP contribution in [0.4, 0.5) is 5.69 Å². The van der Waals surface area contributed by atoms with Crippen LogP contribution in [0.3, 0.4) is 0 Å². The van der Waals surface area contributed by atoms with Crippen LogP contribution in [0, 0.1) is 6.92 Å². The molecule has 3 rings (SSSR count). The number of aryl methyl sites for hydroxylation is 1. The van der Waals surface area contributed by atoms with Crippen molar-refractivity contribution in [2.45, 2.75) is 11.8 Å². The Morgan fingerprint density at radius 1 is 1.00 bits per heavy atom. The van der Waals surface area contributed by atoms with E-state index in [1.54, 1.807) is 13.0 Å². The van der Waals surface area contributed by atoms with Crippen molar-refractivity contribution in [1.82, 2.24) is 0 Å². The van der Waals surface area contributed by atoms with Gasteiger partial charge in [0.1, 0.15) is 0 Å². The second kappa shape index (κ2) is 6.07. The monoisotopic (exact) mass is 341 g/mol. The lowest BCUT2D eigenvalue weighted by Gasteiger charge is -2.10. The molecule has 122 valence electrons. The van der Waals surface area contributed by atoms with Gasteiger partial charge in [-0.25, -0.2) is 0 Å². The van der Waals surface area contributed by atoms with Gasteiger partial charge in [0.2, 0.25) is 0 Å². The molecule has 3 aromatic carbocycles. The number of fused-ring (bicyclic) bond motifs is 1. The summed E-state index contributed by atoms with van der Waals surface area (Å²) in [5, 5.41) is 4.55. The van der Waals surface area contributed by atoms with Crippen LogP contribution >= 0.6 is 0 Å². The van der Waals surface area contributed by atoms with Gasteiger partial charge in [0, 0.05) is 11.3 Å². The Bertz CT molecular complexity index is 1040. The first kappa shape index (κ1) is 16.2. The molecule has 1 amide bonds. The van der Waals surface area contributed by atoms with Gasteiger partial charge >= 0.3 is 0 Å². The topological polar surface area (TPSA) is 83.5 Å². The number of nitrogens with one attached hydrogen (secondary N) is 1. The third-order valence-corrected chi connectivity index (χ3v) is 4.76. The van der Waals surface area contributed by atoms with E-state index in [2.05, 4.69) is 5.32 Å². The van der Waals surface area contributed by atoms with Gasteiger partial charge in [0.05, 0.1) is 4.90 Å². The second-order valence-corrected chi connectivity index (χ2v) is 6.83. The molecule has 2 N–H and O–H groups in total. The van der Waals surface area contributed by atoms with Crippen molar-refractivity contribution in [2.75, 3.05) is 5.32 Å². The predicted octanol–water partition coefficient (Wildman–Crippen LogP) is 3.65. The van der Waals surface area contributed by atoms with Crippen LogP contribution in [0.15, 0.2) is 65.6 Å². The normalized spacial score (nSPS) is 11.4. The van der Waals surface area contributed by atoms with Gasteiger partial charge < -0.3 is 5.32 Å². The highest BCUT2D eigenvalue weighted by Crippen LogP contribution is 2.22. The lowest BCUT2D eigenvalue weighted by molar-refractivity contribution is 0.102. The molecule has 0 aromatic heterocycles. The summed E-state index contributed by atoms with van der Waals surface area (Å²) >= 11 is 0. The molecule has 0 aliphatic carbocycles. The predicted molar refractivity (Wildman–Crippen MR) is 92.9 cm³/mol. The van der Waals surface area contributed by atoms with Crippen molar-refractivity contribution in [3.63, 3.8) is 0 Å². The zero-order valence-electron chi connectivity index (χ0n) is 12.9. The van der Waals surface area contributed by atoms with Crippen molar-refractivity contribution in [3.05, 3.63) is 71.8 Å². The number of hydrogen-bond acceptors (Lipinski definition) is 3. The van der Waals surface area contributed by atoms with Crippen LogP contribution < -0.4 is 5.32 Å². The number of carbonyl (C=O) groups excluding carboxylic acids is 1. The molecule has 0 aliphatic heterocycles. The van der Waals surface area contributed by atoms with E-state index < -0.39 is 10.1 Å². The average Bonchev–Trinajstić information content (AvgIpc) is 2.53. The molecular formula is C18H15NO4S. The summed E-state index contributed by atoms with van der Waals surface area (Å²) in [6, 6.07) is 17.3. The Balaban J connectivity index is 1.94. The molecule has 0 fully saturated rings. The summed E-state index contributed by atoms with van der Waals surface area (Å²) in [7, 11) is -4.27. The molecule has 0 aliphatic rings. The quantitative estimate of drug-likeness (QED) is 0.712. The van der Waals surface area contributed by atoms with E-state index in [9.17, 15) is 13.2 Å². The van der Waals surface area contributed by atoms with E-state index in [1.165, 1.54) is 18.2 Å². The molecule has 5 nitrogen and oxygen atoms in total. The molecule has 0 radical (unpaired) electrons. The molecule has 0 saturated heterocycles. The number of benzene rings is 3. The zero-order valence-corrected chi connectivity index (χ0v) is 13.7. The summed E-state index contributed by atoms with van der Waals surface area (Å²) in [6.45, 7) is 1.55. The Hall–Kier alpha value is -2.70. The minimum atomic E-state index is -4.27. The van der Waals surface area contributed by atoms with Crippen molar-refractivity contribution in [3.8, 4) is 0 Å². The first-order chi connectivity index (χ1) is 11.4. The van der Waals surface area contributed by atoms with Gasteiger partial charge in [-0.05, 0) is 47.5 Å². The standard InChI is InChI=1S/C18H15NO4S/c1-12-11-14(9-10-17(12)24(21,22)23)19-18(20)16-8-4-6-13-5-2-3-7-15(13)16/h2-11H,1H3,(H,19,20)(H,21,22,23). The van der Waals surface area contributed by atoms with Crippen molar-refractivity contribution < 1.29 is 17.8 Å². The summed E-state index contributed by atoms with van der Waals surface area (Å²) < 4.78 is 31.6. The maximum atomic E-state index is 12.5. The minimum Gasteiger partial charge on any atom is -0.322 e. The molecule has 0 saturated carbocycles. The van der Waals surface area contributed by atoms with Gasteiger partial charge in [-0.1, -0.05) is 36.4 Å². The summed E-state index contributed by atoms with van der Waals surface area (Å²) in [6.07, 6.45) is 0. The third-order valence-electron chi connectivity index (χ3n) is 3.74. The highest BCUT2D eigenvalue weighted by atomic mass is 32.2. The van der Waals surface area contributed by atoms with Crippen molar-refractivity contribution in [1.29, 1.82) is 0 Å². The molecule has 3 aromatic rings. The van der Waals surface area contributed by atoms with Crippen LogP contribution in [-0.2, 0) is 10.1 Å². The van der Waals surface area contributed by atoms with E-state index in [1.807, 2.05) is 36.4 Å². The van der Waals surface area contributed by atoms with Crippen LogP contribution in [-0.4, -0.2) is 18.9 Å². The van der Waals surface area contributed by atoms with Gasteiger partial charge in [0.15, 0.2) is 0 Å². The fourth-order valence-electron chi connectivity index (χ4n) is 2.64. The largest absolute Gasteiger partial charge is 0.322 e. The number of anilines is 1. The second-order valence-electron chi connectivity index (χ2n) is 5.44. The number of carbonyl (C=O) groups is 1. The van der Waals surface area contributed by atoms with Gasteiger partial charge in [0.25, 0.3) is 16.0 Å². The molecule has 0 atom stereocenters. The molecule has 24 heavy (non-hydrogen) atoms. The third kappa shape index (κ3) is 3.15. The van der Waals surface area contributed by atoms with Gasteiger partial charge in [-0.3, -0.25) is 9.35 Å². The van der Waals surface area contributed by atoms with E-state index in [-0.39, 0.29) is 10.8 Å². The van der Waals surface area contributed by atoms with Crippen LogP contribution in [0.2, 0.25) is 0 Å². The Morgan fingerprint density at radius 3 is 2.42 bits per heavy atom. The van der Waals surface area contributed by atoms with E-state index in [0.29, 0.717) is 16.8 Å². The molecular weight excluding hydrogens is 326 g/mol. The van der Waals surface area contributed by atoms with Crippen molar-refractivity contribution in [2.24, 2.45) is 0 Å². The van der Waals surface area contributed by atoms with Gasteiger partial charge in [-0.15, -0.1) is 0 Å². The maximum absolute atomic E-state index is 12.5. The van der Waals surface area contributed by atoms with Crippen molar-refractivity contribution >= 4 is 32.5 Å². The zero-order chi connectivity index (χ0) is 17.3. The molecule has 0 bridgehead atoms. The first-order valence-corrected chi connectivity index (χ1v) is 8.67. The fourth-order valence-corrected chi connectivity index (χ4v) is 3.34. The lowest BCUT2D eigenvalue weighted by Crippen LogP contribution is -2.13. The Morgan fingerprint density at radius 2 is 1.71 bits per heavy atom. The highest BCUT2D eigenvalue weighted by molar-refractivity contribution is 7.85. The maximum Gasteiger partial charge on any atom is 0.294 e. The van der Waals surface area contributed by atoms with Gasteiger partial charge in [-0.2, -0.15) is 8.42 Å². The summed E-state index contributed by atoms with van der Waals surface area (Å²) in [4.78, 5) is 12.4. The molecule has 6 heteroatoms. The SMILES string of the molecule is Cc1cc(NC(=O)c2cccc3ccccc23)ccc1S(=O)(=O)O.